The van der Waals surface area contributed by atoms with Crippen LogP contribution in [0.4, 0.5) is 0 Å². The van der Waals surface area contributed by atoms with Crippen LogP contribution in [0.5, 0.6) is 0 Å². The molecular weight excluding hydrogens is 409 g/mol. The molecule has 0 saturated carbocycles. The largest absolute Gasteiger partial charge is 0.396 e. The van der Waals surface area contributed by atoms with Gasteiger partial charge in [0.15, 0.2) is 0 Å². The fraction of sp³-hybridized carbons (Fsp3) is 1.00. The van der Waals surface area contributed by atoms with Crippen LogP contribution >= 0.6 is 7.60 Å². The first-order valence-electron chi connectivity index (χ1n) is 13.3. The van der Waals surface area contributed by atoms with Crippen molar-refractivity contribution < 1.29 is 18.7 Å². The third kappa shape index (κ3) is 20.4. The van der Waals surface area contributed by atoms with E-state index in [0.29, 0.717) is 19.4 Å². The summed E-state index contributed by atoms with van der Waals surface area (Å²) >= 11 is 0. The summed E-state index contributed by atoms with van der Waals surface area (Å²) in [5, 5.41) is 9.08. The van der Waals surface area contributed by atoms with Crippen molar-refractivity contribution in [2.24, 2.45) is 0 Å². The van der Waals surface area contributed by atoms with Crippen molar-refractivity contribution in [3.63, 3.8) is 0 Å². The first kappa shape index (κ1) is 31.1. The highest BCUT2D eigenvalue weighted by molar-refractivity contribution is 7.53. The number of rotatable bonds is 25. The van der Waals surface area contributed by atoms with Crippen LogP contribution in [0, 0.1) is 0 Å². The number of aliphatic hydroxyl groups is 1. The molecular formula is C25H54NO4P. The number of hydrogen-bond acceptors (Lipinski definition) is 5. The van der Waals surface area contributed by atoms with E-state index in [1.165, 1.54) is 77.0 Å². The van der Waals surface area contributed by atoms with Crippen LogP contribution in [0.1, 0.15) is 117 Å². The normalized spacial score (nSPS) is 12.2. The highest BCUT2D eigenvalue weighted by atomic mass is 31.2. The van der Waals surface area contributed by atoms with E-state index in [0.717, 1.165) is 38.9 Å². The fourth-order valence-electron chi connectivity index (χ4n) is 4.01. The molecule has 0 rings (SSSR count). The lowest BCUT2D eigenvalue weighted by atomic mass is 10.1. The Morgan fingerprint density at radius 1 is 0.613 bits per heavy atom. The molecule has 0 amide bonds. The molecule has 6 heteroatoms. The van der Waals surface area contributed by atoms with Crippen LogP contribution in [-0.4, -0.2) is 55.6 Å². The average molecular weight is 464 g/mol. The standard InChI is InChI=1S/C25H54NO4P/c1-4-7-8-9-10-11-12-13-14-15-16-17-21-26(22-18-19-24-27)23-20-25-31(28,29-5-2)30-6-3/h27H,4-25H2,1-3H3. The van der Waals surface area contributed by atoms with Crippen molar-refractivity contribution in [1.29, 1.82) is 0 Å². The number of aliphatic hydroxyl groups excluding tert-OH is 1. The van der Waals surface area contributed by atoms with Gasteiger partial charge in [-0.05, 0) is 59.2 Å². The van der Waals surface area contributed by atoms with E-state index in [-0.39, 0.29) is 6.61 Å². The van der Waals surface area contributed by atoms with Crippen molar-refractivity contribution >= 4 is 7.60 Å². The van der Waals surface area contributed by atoms with Crippen LogP contribution in [0.2, 0.25) is 0 Å². The molecule has 188 valence electrons. The number of hydrogen-bond donors (Lipinski definition) is 1. The van der Waals surface area contributed by atoms with Crippen LogP contribution in [-0.2, 0) is 13.6 Å². The van der Waals surface area contributed by atoms with Gasteiger partial charge in [0.1, 0.15) is 0 Å². The van der Waals surface area contributed by atoms with Gasteiger partial charge >= 0.3 is 7.60 Å². The zero-order chi connectivity index (χ0) is 23.0. The van der Waals surface area contributed by atoms with Gasteiger partial charge in [0.25, 0.3) is 0 Å². The minimum atomic E-state index is -2.93. The van der Waals surface area contributed by atoms with Crippen LogP contribution in [0.25, 0.3) is 0 Å². The summed E-state index contributed by atoms with van der Waals surface area (Å²) in [5.74, 6) is 0. The summed E-state index contributed by atoms with van der Waals surface area (Å²) < 4.78 is 23.5. The Hall–Kier alpha value is 0.0700. The van der Waals surface area contributed by atoms with E-state index in [2.05, 4.69) is 11.8 Å². The van der Waals surface area contributed by atoms with E-state index in [1.54, 1.807) is 0 Å². The predicted octanol–water partition coefficient (Wildman–Crippen LogP) is 7.42. The molecule has 1 N–H and O–H groups in total. The monoisotopic (exact) mass is 463 g/mol. The molecule has 0 radical (unpaired) electrons. The van der Waals surface area contributed by atoms with Crippen molar-refractivity contribution in [2.45, 2.75) is 117 Å². The first-order chi connectivity index (χ1) is 15.1. The van der Waals surface area contributed by atoms with Gasteiger partial charge in [-0.15, -0.1) is 0 Å². The van der Waals surface area contributed by atoms with E-state index < -0.39 is 7.60 Å². The van der Waals surface area contributed by atoms with Gasteiger partial charge in [0.2, 0.25) is 0 Å². The zero-order valence-corrected chi connectivity index (χ0v) is 22.0. The second-order valence-electron chi connectivity index (χ2n) is 8.69. The van der Waals surface area contributed by atoms with E-state index in [1.807, 2.05) is 13.8 Å². The fourth-order valence-corrected chi connectivity index (χ4v) is 5.65. The van der Waals surface area contributed by atoms with E-state index >= 15 is 0 Å². The Bertz CT molecular complexity index is 399. The van der Waals surface area contributed by atoms with Crippen molar-refractivity contribution in [2.75, 3.05) is 45.6 Å². The average Bonchev–Trinajstić information content (AvgIpc) is 2.74. The Labute approximate surface area is 194 Å². The summed E-state index contributed by atoms with van der Waals surface area (Å²) in [4.78, 5) is 2.47. The number of nitrogens with zero attached hydrogens (tertiary/aromatic N) is 1. The molecule has 0 aliphatic rings. The van der Waals surface area contributed by atoms with Crippen molar-refractivity contribution in [1.82, 2.24) is 4.90 Å². The third-order valence-corrected chi connectivity index (χ3v) is 7.94. The Morgan fingerprint density at radius 2 is 1.03 bits per heavy atom. The number of unbranched alkanes of at least 4 members (excludes halogenated alkanes) is 12. The summed E-state index contributed by atoms with van der Waals surface area (Å²) in [5.41, 5.74) is 0. The van der Waals surface area contributed by atoms with E-state index in [9.17, 15) is 4.57 Å². The molecule has 0 aliphatic carbocycles. The van der Waals surface area contributed by atoms with Gasteiger partial charge in [0.05, 0.1) is 19.4 Å². The molecule has 31 heavy (non-hydrogen) atoms. The van der Waals surface area contributed by atoms with Crippen molar-refractivity contribution in [3.05, 3.63) is 0 Å². The molecule has 0 bridgehead atoms. The molecule has 0 heterocycles. The molecule has 0 aliphatic heterocycles. The lowest BCUT2D eigenvalue weighted by molar-refractivity contribution is 0.213. The minimum absolute atomic E-state index is 0.260. The van der Waals surface area contributed by atoms with Gasteiger partial charge in [0, 0.05) is 6.61 Å². The van der Waals surface area contributed by atoms with Crippen LogP contribution < -0.4 is 0 Å². The van der Waals surface area contributed by atoms with Crippen LogP contribution in [0.15, 0.2) is 0 Å². The molecule has 0 aromatic heterocycles. The summed E-state index contributed by atoms with van der Waals surface area (Å²) in [6.45, 7) is 10.1. The van der Waals surface area contributed by atoms with Gasteiger partial charge in [-0.1, -0.05) is 77.6 Å². The molecule has 0 saturated heterocycles. The van der Waals surface area contributed by atoms with E-state index in [4.69, 9.17) is 14.2 Å². The predicted molar refractivity (Wildman–Crippen MR) is 134 cm³/mol. The lowest BCUT2D eigenvalue weighted by Crippen LogP contribution is -2.28. The molecule has 0 unspecified atom stereocenters. The molecule has 5 nitrogen and oxygen atoms in total. The molecule has 0 spiro atoms. The zero-order valence-electron chi connectivity index (χ0n) is 21.1. The van der Waals surface area contributed by atoms with Crippen molar-refractivity contribution in [3.8, 4) is 0 Å². The SMILES string of the molecule is CCCCCCCCCCCCCCN(CCCCO)CCCP(=O)(OCC)OCC. The quantitative estimate of drug-likeness (QED) is 0.113. The lowest BCUT2D eigenvalue weighted by Gasteiger charge is -2.23. The Morgan fingerprint density at radius 3 is 1.48 bits per heavy atom. The Kier molecular flexibility index (Phi) is 23.3. The maximum Gasteiger partial charge on any atom is 0.330 e. The Balaban J connectivity index is 3.93. The van der Waals surface area contributed by atoms with Gasteiger partial charge in [-0.3, -0.25) is 4.57 Å². The molecule has 0 fully saturated rings. The van der Waals surface area contributed by atoms with Gasteiger partial charge < -0.3 is 19.1 Å². The molecule has 0 atom stereocenters. The maximum absolute atomic E-state index is 12.6. The highest BCUT2D eigenvalue weighted by Gasteiger charge is 2.23. The summed E-state index contributed by atoms with van der Waals surface area (Å²) in [6, 6.07) is 0. The maximum atomic E-state index is 12.6. The van der Waals surface area contributed by atoms with Gasteiger partial charge in [-0.2, -0.15) is 0 Å². The second-order valence-corrected chi connectivity index (χ2v) is 10.9. The minimum Gasteiger partial charge on any atom is -0.396 e. The van der Waals surface area contributed by atoms with Crippen LogP contribution in [0.3, 0.4) is 0 Å². The second kappa shape index (κ2) is 23.2. The first-order valence-corrected chi connectivity index (χ1v) is 15.1. The third-order valence-electron chi connectivity index (χ3n) is 5.77. The summed E-state index contributed by atoms with van der Waals surface area (Å²) in [6.07, 6.45) is 19.6. The molecule has 0 aromatic carbocycles. The summed E-state index contributed by atoms with van der Waals surface area (Å²) in [7, 11) is -2.93. The topological polar surface area (TPSA) is 59.0 Å². The molecule has 0 aromatic rings. The smallest absolute Gasteiger partial charge is 0.330 e. The van der Waals surface area contributed by atoms with Gasteiger partial charge in [-0.25, -0.2) is 0 Å². The highest BCUT2D eigenvalue weighted by Crippen LogP contribution is 2.48.